The molecule has 1 aromatic carbocycles. The summed E-state index contributed by atoms with van der Waals surface area (Å²) in [4.78, 5) is 13.7. The Kier molecular flexibility index (Phi) is 6.93. The minimum Gasteiger partial charge on any atom is -0.497 e. The molecule has 108 valence electrons. The van der Waals surface area contributed by atoms with E-state index in [1.807, 2.05) is 23.1 Å². The summed E-state index contributed by atoms with van der Waals surface area (Å²) in [5.41, 5.74) is 0. The van der Waals surface area contributed by atoms with Crippen molar-refractivity contribution in [3.8, 4) is 18.1 Å². The van der Waals surface area contributed by atoms with Crippen LogP contribution in [0.3, 0.4) is 0 Å². The van der Waals surface area contributed by atoms with Gasteiger partial charge in [-0.25, -0.2) is 5.26 Å². The van der Waals surface area contributed by atoms with Gasteiger partial charge in [-0.1, -0.05) is 6.07 Å². The number of carbonyl (C=O) groups is 1. The fourth-order valence-electron chi connectivity index (χ4n) is 1.84. The molecule has 0 atom stereocenters. The van der Waals surface area contributed by atoms with E-state index in [-0.39, 0.29) is 12.5 Å². The van der Waals surface area contributed by atoms with Gasteiger partial charge in [-0.2, -0.15) is 0 Å². The van der Waals surface area contributed by atoms with Crippen LogP contribution in [0.2, 0.25) is 0 Å². The van der Waals surface area contributed by atoms with Gasteiger partial charge in [0.25, 0.3) is 5.91 Å². The number of benzene rings is 1. The second-order valence-electron chi connectivity index (χ2n) is 4.10. The quantitative estimate of drug-likeness (QED) is 0.874. The molecule has 1 saturated heterocycles. The third kappa shape index (κ3) is 4.78. The van der Waals surface area contributed by atoms with Crippen molar-refractivity contribution in [2.75, 3.05) is 39.9 Å². The fourth-order valence-corrected chi connectivity index (χ4v) is 1.84. The molecule has 1 heterocycles. The first-order valence-corrected chi connectivity index (χ1v) is 6.31. The molecule has 0 radical (unpaired) electrons. The number of carbonyl (C=O) groups excluding carboxylic acids is 1. The van der Waals surface area contributed by atoms with Crippen LogP contribution in [0.1, 0.15) is 0 Å². The van der Waals surface area contributed by atoms with Crippen LogP contribution in [0, 0.1) is 11.8 Å². The molecule has 6 nitrogen and oxygen atoms in total. The molecular formula is C14H19N3O3. The van der Waals surface area contributed by atoms with Gasteiger partial charge >= 0.3 is 0 Å². The average Bonchev–Trinajstić information content (AvgIpc) is 2.55. The number of hydrogen-bond acceptors (Lipinski definition) is 5. The number of methoxy groups -OCH3 is 1. The second-order valence-corrected chi connectivity index (χ2v) is 4.10. The smallest absolute Gasteiger partial charge is 0.260 e. The maximum Gasteiger partial charge on any atom is 0.260 e. The van der Waals surface area contributed by atoms with Crippen molar-refractivity contribution in [3.05, 3.63) is 24.3 Å². The van der Waals surface area contributed by atoms with Crippen LogP contribution < -0.4 is 14.8 Å². The van der Waals surface area contributed by atoms with Gasteiger partial charge in [0.2, 0.25) is 0 Å². The van der Waals surface area contributed by atoms with Crippen molar-refractivity contribution in [1.82, 2.24) is 10.2 Å². The Morgan fingerprint density at radius 3 is 2.65 bits per heavy atom. The van der Waals surface area contributed by atoms with E-state index in [4.69, 9.17) is 14.7 Å². The monoisotopic (exact) mass is 277 g/mol. The standard InChI is InChI=1S/C13H18N2O3.CHN/c1-17-11-3-2-4-12(9-11)18-10-13(16)15-7-5-14-6-8-15;1-2/h2-4,9,14H,5-8,10H2,1H3;1H. The Morgan fingerprint density at radius 1 is 1.35 bits per heavy atom. The molecule has 1 N–H and O–H groups in total. The lowest BCUT2D eigenvalue weighted by Gasteiger charge is -2.27. The van der Waals surface area contributed by atoms with Crippen LogP contribution in [0.15, 0.2) is 24.3 Å². The Bertz CT molecular complexity index is 442. The zero-order chi connectivity index (χ0) is 14.8. The van der Waals surface area contributed by atoms with Crippen molar-refractivity contribution in [2.45, 2.75) is 0 Å². The van der Waals surface area contributed by atoms with E-state index in [0.29, 0.717) is 5.75 Å². The van der Waals surface area contributed by atoms with E-state index in [2.05, 4.69) is 11.9 Å². The minimum atomic E-state index is 0.0271. The number of hydrogen-bond donors (Lipinski definition) is 1. The third-order valence-corrected chi connectivity index (χ3v) is 2.87. The Hall–Kier alpha value is -2.26. The van der Waals surface area contributed by atoms with Crippen LogP contribution in [0.4, 0.5) is 0 Å². The zero-order valence-electron chi connectivity index (χ0n) is 11.5. The SMILES string of the molecule is C#N.COc1cccc(OCC(=O)N2CCNCC2)c1. The van der Waals surface area contributed by atoms with E-state index in [1.165, 1.54) is 0 Å². The summed E-state index contributed by atoms with van der Waals surface area (Å²) < 4.78 is 10.6. The predicted molar refractivity (Wildman–Crippen MR) is 74.6 cm³/mol. The third-order valence-electron chi connectivity index (χ3n) is 2.87. The van der Waals surface area contributed by atoms with Crippen molar-refractivity contribution in [3.63, 3.8) is 0 Å². The van der Waals surface area contributed by atoms with Gasteiger partial charge < -0.3 is 19.7 Å². The van der Waals surface area contributed by atoms with Crippen LogP contribution in [-0.2, 0) is 4.79 Å². The highest BCUT2D eigenvalue weighted by Crippen LogP contribution is 2.18. The fraction of sp³-hybridized carbons (Fsp3) is 0.429. The summed E-state index contributed by atoms with van der Waals surface area (Å²) in [7, 11) is 1.60. The van der Waals surface area contributed by atoms with Crippen molar-refractivity contribution < 1.29 is 14.3 Å². The molecular weight excluding hydrogens is 258 g/mol. The summed E-state index contributed by atoms with van der Waals surface area (Å²) in [6.07, 6.45) is 0. The molecule has 1 fully saturated rings. The lowest BCUT2D eigenvalue weighted by Crippen LogP contribution is -2.47. The van der Waals surface area contributed by atoms with Gasteiger partial charge in [0.15, 0.2) is 6.61 Å². The average molecular weight is 277 g/mol. The molecule has 0 aliphatic carbocycles. The number of rotatable bonds is 4. The van der Waals surface area contributed by atoms with Crippen molar-refractivity contribution >= 4 is 5.91 Å². The van der Waals surface area contributed by atoms with Gasteiger partial charge in [0, 0.05) is 38.8 Å². The van der Waals surface area contributed by atoms with Gasteiger partial charge in [0.05, 0.1) is 7.11 Å². The maximum absolute atomic E-state index is 11.9. The molecule has 2 rings (SSSR count). The number of ether oxygens (including phenoxy) is 2. The molecule has 0 aromatic heterocycles. The highest BCUT2D eigenvalue weighted by molar-refractivity contribution is 5.77. The molecule has 0 saturated carbocycles. The van der Waals surface area contributed by atoms with Crippen LogP contribution >= 0.6 is 0 Å². The highest BCUT2D eigenvalue weighted by Gasteiger charge is 2.16. The molecule has 6 heteroatoms. The van der Waals surface area contributed by atoms with Gasteiger partial charge in [0.1, 0.15) is 11.5 Å². The minimum absolute atomic E-state index is 0.0271. The Morgan fingerprint density at radius 2 is 2.00 bits per heavy atom. The molecule has 0 unspecified atom stereocenters. The topological polar surface area (TPSA) is 74.6 Å². The van der Waals surface area contributed by atoms with Crippen LogP contribution in [0.5, 0.6) is 11.5 Å². The summed E-state index contributed by atoms with van der Waals surface area (Å²) in [5, 5.41) is 9.71. The maximum atomic E-state index is 11.9. The van der Waals surface area contributed by atoms with E-state index in [9.17, 15) is 4.79 Å². The van der Waals surface area contributed by atoms with Crippen molar-refractivity contribution in [2.24, 2.45) is 0 Å². The molecule has 1 amide bonds. The number of piperazine rings is 1. The predicted octanol–water partition coefficient (Wildman–Crippen LogP) is 0.646. The summed E-state index contributed by atoms with van der Waals surface area (Å²) in [5.74, 6) is 1.40. The second kappa shape index (κ2) is 8.77. The molecule has 20 heavy (non-hydrogen) atoms. The summed E-state index contributed by atoms with van der Waals surface area (Å²) >= 11 is 0. The van der Waals surface area contributed by atoms with E-state index < -0.39 is 0 Å². The highest BCUT2D eigenvalue weighted by atomic mass is 16.5. The lowest BCUT2D eigenvalue weighted by atomic mass is 10.3. The van der Waals surface area contributed by atoms with Gasteiger partial charge in [-0.05, 0) is 12.1 Å². The zero-order valence-corrected chi connectivity index (χ0v) is 11.5. The summed E-state index contributed by atoms with van der Waals surface area (Å²) in [6.45, 7) is 6.78. The first kappa shape index (κ1) is 15.8. The van der Waals surface area contributed by atoms with E-state index in [0.717, 1.165) is 31.9 Å². The summed E-state index contributed by atoms with van der Waals surface area (Å²) in [6, 6.07) is 7.26. The Balaban J connectivity index is 0.000000956. The van der Waals surface area contributed by atoms with E-state index >= 15 is 0 Å². The van der Waals surface area contributed by atoms with E-state index in [1.54, 1.807) is 13.2 Å². The Labute approximate surface area is 118 Å². The van der Waals surface area contributed by atoms with Gasteiger partial charge in [-0.3, -0.25) is 4.79 Å². The molecule has 1 aliphatic heterocycles. The normalized spacial score (nSPS) is 13.8. The lowest BCUT2D eigenvalue weighted by molar-refractivity contribution is -0.133. The van der Waals surface area contributed by atoms with Gasteiger partial charge in [-0.15, -0.1) is 0 Å². The largest absolute Gasteiger partial charge is 0.497 e. The first-order valence-electron chi connectivity index (χ1n) is 6.31. The number of nitrogens with one attached hydrogen (secondary N) is 1. The van der Waals surface area contributed by atoms with Crippen molar-refractivity contribution in [1.29, 1.82) is 5.26 Å². The number of amides is 1. The molecule has 1 aromatic rings. The number of nitrogens with zero attached hydrogens (tertiary/aromatic N) is 2. The molecule has 0 spiro atoms. The first-order chi connectivity index (χ1) is 9.79. The number of nitriles is 1. The molecule has 1 aliphatic rings. The van der Waals surface area contributed by atoms with Crippen LogP contribution in [-0.4, -0.2) is 50.7 Å². The molecule has 0 bridgehead atoms. The van der Waals surface area contributed by atoms with Crippen LogP contribution in [0.25, 0.3) is 0 Å².